The molecule has 1 N–H and O–H groups in total. The zero-order valence-electron chi connectivity index (χ0n) is 11.6. The fourth-order valence-electron chi connectivity index (χ4n) is 3.58. The molecule has 20 heavy (non-hydrogen) atoms. The molecule has 1 spiro atoms. The lowest BCUT2D eigenvalue weighted by molar-refractivity contribution is -0.146. The summed E-state index contributed by atoms with van der Waals surface area (Å²) in [5.74, 6) is -0.645. The molecule has 2 unspecified atom stereocenters. The van der Waals surface area contributed by atoms with E-state index in [0.717, 1.165) is 30.6 Å². The molecule has 3 rings (SSSR count). The molecule has 0 radical (unpaired) electrons. The van der Waals surface area contributed by atoms with Crippen molar-refractivity contribution in [3.63, 3.8) is 0 Å². The van der Waals surface area contributed by atoms with E-state index in [1.807, 2.05) is 31.2 Å². The van der Waals surface area contributed by atoms with Gasteiger partial charge in [-0.3, -0.25) is 14.9 Å². The number of carbonyl (C=O) groups is 2. The number of rotatable bonds is 1. The Balaban J connectivity index is 2.06. The van der Waals surface area contributed by atoms with Gasteiger partial charge < -0.3 is 4.74 Å². The van der Waals surface area contributed by atoms with Gasteiger partial charge in [0, 0.05) is 18.4 Å². The fourth-order valence-corrected chi connectivity index (χ4v) is 3.58. The summed E-state index contributed by atoms with van der Waals surface area (Å²) < 4.78 is 5.62. The first kappa shape index (κ1) is 13.3. The van der Waals surface area contributed by atoms with Crippen LogP contribution in [0.25, 0.3) is 0 Å². The summed E-state index contributed by atoms with van der Waals surface area (Å²) in [4.78, 5) is 24.3. The predicted molar refractivity (Wildman–Crippen MR) is 74.2 cm³/mol. The third-order valence-corrected chi connectivity index (χ3v) is 4.50. The summed E-state index contributed by atoms with van der Waals surface area (Å²) in [5.41, 5.74) is 1.74. The van der Waals surface area contributed by atoms with Crippen molar-refractivity contribution in [3.05, 3.63) is 35.4 Å². The minimum absolute atomic E-state index is 0.176. The summed E-state index contributed by atoms with van der Waals surface area (Å²) in [7, 11) is 0. The van der Waals surface area contributed by atoms with Crippen LogP contribution in [0.1, 0.15) is 36.3 Å². The van der Waals surface area contributed by atoms with Crippen LogP contribution in [-0.4, -0.2) is 25.0 Å². The average Bonchev–Trinajstić information content (AvgIpc) is 2.41. The van der Waals surface area contributed by atoms with Crippen molar-refractivity contribution in [1.29, 1.82) is 0 Å². The van der Waals surface area contributed by atoms with Crippen LogP contribution in [0.5, 0.6) is 0 Å². The van der Waals surface area contributed by atoms with Crippen LogP contribution in [0.3, 0.4) is 0 Å². The SMILES string of the molecule is Cc1ccccc1C1C(=O)NC(=O)CC12CCCOC2. The zero-order valence-corrected chi connectivity index (χ0v) is 11.6. The first-order chi connectivity index (χ1) is 9.62. The third-order valence-electron chi connectivity index (χ3n) is 4.50. The molecule has 0 bridgehead atoms. The number of benzene rings is 1. The molecule has 2 atom stereocenters. The van der Waals surface area contributed by atoms with E-state index in [1.165, 1.54) is 0 Å². The lowest BCUT2D eigenvalue weighted by Crippen LogP contribution is -2.54. The van der Waals surface area contributed by atoms with E-state index in [9.17, 15) is 9.59 Å². The van der Waals surface area contributed by atoms with E-state index in [2.05, 4.69) is 5.32 Å². The van der Waals surface area contributed by atoms with Gasteiger partial charge in [-0.1, -0.05) is 24.3 Å². The van der Waals surface area contributed by atoms with Crippen molar-refractivity contribution in [3.8, 4) is 0 Å². The number of piperidine rings is 1. The molecule has 0 aromatic heterocycles. The molecular formula is C16H19NO3. The molecule has 2 aliphatic rings. The Kier molecular flexibility index (Phi) is 3.34. The fraction of sp³-hybridized carbons (Fsp3) is 0.500. The molecule has 2 fully saturated rings. The molecule has 4 heteroatoms. The van der Waals surface area contributed by atoms with Gasteiger partial charge in [-0.2, -0.15) is 0 Å². The Morgan fingerprint density at radius 2 is 2.10 bits per heavy atom. The molecule has 2 amide bonds. The number of imide groups is 1. The van der Waals surface area contributed by atoms with E-state index < -0.39 is 0 Å². The van der Waals surface area contributed by atoms with Gasteiger partial charge >= 0.3 is 0 Å². The second-order valence-electron chi connectivity index (χ2n) is 5.90. The molecule has 1 aromatic carbocycles. The van der Waals surface area contributed by atoms with Gasteiger partial charge in [-0.25, -0.2) is 0 Å². The van der Waals surface area contributed by atoms with Gasteiger partial charge in [-0.15, -0.1) is 0 Å². The van der Waals surface area contributed by atoms with E-state index in [-0.39, 0.29) is 23.1 Å². The van der Waals surface area contributed by atoms with Gasteiger partial charge in [0.1, 0.15) is 0 Å². The maximum atomic E-state index is 12.4. The Morgan fingerprint density at radius 1 is 1.30 bits per heavy atom. The highest BCUT2D eigenvalue weighted by Gasteiger charge is 2.50. The molecule has 0 saturated carbocycles. The van der Waals surface area contributed by atoms with Gasteiger partial charge in [0.15, 0.2) is 0 Å². The van der Waals surface area contributed by atoms with E-state index in [0.29, 0.717) is 13.0 Å². The van der Waals surface area contributed by atoms with Crippen LogP contribution in [0, 0.1) is 12.3 Å². The molecule has 2 aliphatic heterocycles. The smallest absolute Gasteiger partial charge is 0.234 e. The van der Waals surface area contributed by atoms with Crippen molar-refractivity contribution < 1.29 is 14.3 Å². The van der Waals surface area contributed by atoms with Crippen LogP contribution in [0.15, 0.2) is 24.3 Å². The molecule has 2 heterocycles. The maximum absolute atomic E-state index is 12.4. The lowest BCUT2D eigenvalue weighted by atomic mass is 9.64. The van der Waals surface area contributed by atoms with Crippen LogP contribution >= 0.6 is 0 Å². The second kappa shape index (κ2) is 5.02. The van der Waals surface area contributed by atoms with Crippen LogP contribution in [0.2, 0.25) is 0 Å². The van der Waals surface area contributed by atoms with E-state index in [1.54, 1.807) is 0 Å². The minimum atomic E-state index is -0.371. The number of aryl methyl sites for hydroxylation is 1. The summed E-state index contributed by atoms with van der Waals surface area (Å²) in [6.07, 6.45) is 2.14. The van der Waals surface area contributed by atoms with Gasteiger partial charge in [0.05, 0.1) is 12.5 Å². The highest BCUT2D eigenvalue weighted by Crippen LogP contribution is 2.47. The molecule has 1 aromatic rings. The third kappa shape index (κ3) is 2.14. The summed E-state index contributed by atoms with van der Waals surface area (Å²) in [6.45, 7) is 3.22. The number of nitrogens with one attached hydrogen (secondary N) is 1. The Hall–Kier alpha value is -1.68. The number of hydrogen-bond donors (Lipinski definition) is 1. The van der Waals surface area contributed by atoms with Crippen molar-refractivity contribution in [1.82, 2.24) is 5.32 Å². The molecule has 2 saturated heterocycles. The lowest BCUT2D eigenvalue weighted by Gasteiger charge is -2.45. The van der Waals surface area contributed by atoms with E-state index >= 15 is 0 Å². The number of amides is 2. The number of carbonyl (C=O) groups excluding carboxylic acids is 2. The monoisotopic (exact) mass is 273 g/mol. The van der Waals surface area contributed by atoms with Gasteiger partial charge in [0.2, 0.25) is 11.8 Å². The van der Waals surface area contributed by atoms with Crippen LogP contribution in [0.4, 0.5) is 0 Å². The van der Waals surface area contributed by atoms with Crippen LogP contribution in [-0.2, 0) is 14.3 Å². The standard InChI is InChI=1S/C16H19NO3/c1-11-5-2-3-6-12(11)14-15(19)17-13(18)9-16(14)7-4-8-20-10-16/h2-3,5-6,14H,4,7-10H2,1H3,(H,17,18,19). The largest absolute Gasteiger partial charge is 0.381 e. The maximum Gasteiger partial charge on any atom is 0.234 e. The molecule has 0 aliphatic carbocycles. The molecular weight excluding hydrogens is 254 g/mol. The van der Waals surface area contributed by atoms with E-state index in [4.69, 9.17) is 4.74 Å². The summed E-state index contributed by atoms with van der Waals surface area (Å²) >= 11 is 0. The Morgan fingerprint density at radius 3 is 2.80 bits per heavy atom. The average molecular weight is 273 g/mol. The highest BCUT2D eigenvalue weighted by molar-refractivity contribution is 6.02. The van der Waals surface area contributed by atoms with Gasteiger partial charge in [-0.05, 0) is 30.9 Å². The zero-order chi connectivity index (χ0) is 14.2. The van der Waals surface area contributed by atoms with Gasteiger partial charge in [0.25, 0.3) is 0 Å². The number of ether oxygens (including phenoxy) is 1. The molecule has 4 nitrogen and oxygen atoms in total. The quantitative estimate of drug-likeness (QED) is 0.795. The van der Waals surface area contributed by atoms with Crippen molar-refractivity contribution in [2.24, 2.45) is 5.41 Å². The normalized spacial score (nSPS) is 30.4. The first-order valence-corrected chi connectivity index (χ1v) is 7.09. The Labute approximate surface area is 118 Å². The van der Waals surface area contributed by atoms with Crippen molar-refractivity contribution in [2.75, 3.05) is 13.2 Å². The van der Waals surface area contributed by atoms with Crippen molar-refractivity contribution in [2.45, 2.75) is 32.1 Å². The predicted octanol–water partition coefficient (Wildman–Crippen LogP) is 1.92. The topological polar surface area (TPSA) is 55.4 Å². The molecule has 106 valence electrons. The summed E-state index contributed by atoms with van der Waals surface area (Å²) in [6, 6.07) is 7.92. The van der Waals surface area contributed by atoms with Crippen molar-refractivity contribution >= 4 is 11.8 Å². The second-order valence-corrected chi connectivity index (χ2v) is 5.90. The minimum Gasteiger partial charge on any atom is -0.381 e. The summed E-state index contributed by atoms with van der Waals surface area (Å²) in [5, 5.41) is 2.49. The highest BCUT2D eigenvalue weighted by atomic mass is 16.5. The number of hydrogen-bond acceptors (Lipinski definition) is 3. The van der Waals surface area contributed by atoms with Crippen LogP contribution < -0.4 is 5.32 Å². The first-order valence-electron chi connectivity index (χ1n) is 7.09. The Bertz CT molecular complexity index is 546.